The second-order valence-corrected chi connectivity index (χ2v) is 7.09. The maximum Gasteiger partial charge on any atom is 0.141 e. The highest BCUT2D eigenvalue weighted by Crippen LogP contribution is 2.53. The van der Waals surface area contributed by atoms with Crippen molar-refractivity contribution in [1.29, 1.82) is 0 Å². The van der Waals surface area contributed by atoms with Gasteiger partial charge in [0.05, 0.1) is 6.20 Å². The minimum Gasteiger partial charge on any atom is -0.484 e. The summed E-state index contributed by atoms with van der Waals surface area (Å²) in [5, 5.41) is 0. The van der Waals surface area contributed by atoms with Crippen LogP contribution in [0.25, 0.3) is 0 Å². The zero-order chi connectivity index (χ0) is 12.9. The summed E-state index contributed by atoms with van der Waals surface area (Å²) in [5.74, 6) is 0.956. The number of ether oxygens (including phenoxy) is 1. The van der Waals surface area contributed by atoms with Gasteiger partial charge in [0.1, 0.15) is 11.4 Å². The van der Waals surface area contributed by atoms with Crippen LogP contribution in [0.15, 0.2) is 18.5 Å². The van der Waals surface area contributed by atoms with E-state index in [2.05, 4.69) is 52.6 Å². The van der Waals surface area contributed by atoms with Gasteiger partial charge in [0.25, 0.3) is 0 Å². The van der Waals surface area contributed by atoms with Gasteiger partial charge in [-0.2, -0.15) is 0 Å². The summed E-state index contributed by atoms with van der Waals surface area (Å²) in [6, 6.07) is 2.08. The van der Waals surface area contributed by atoms with E-state index in [0.717, 1.165) is 12.2 Å². The molecule has 1 aliphatic rings. The molecule has 0 fully saturated rings. The first-order chi connectivity index (χ1) is 7.67. The van der Waals surface area contributed by atoms with Gasteiger partial charge in [-0.1, -0.05) is 41.5 Å². The summed E-state index contributed by atoms with van der Waals surface area (Å²) in [5.41, 5.74) is 1.30. The van der Waals surface area contributed by atoms with Crippen molar-refractivity contribution in [3.05, 3.63) is 24.0 Å². The predicted octanol–water partition coefficient (Wildman–Crippen LogP) is 3.85. The fourth-order valence-electron chi connectivity index (χ4n) is 3.10. The number of fused-ring (bicyclic) bond motifs is 1. The molecule has 0 amide bonds. The average Bonchev–Trinajstić information content (AvgIpc) is 2.55. The Balaban J connectivity index is 2.50. The highest BCUT2D eigenvalue weighted by Gasteiger charge is 2.56. The van der Waals surface area contributed by atoms with E-state index in [9.17, 15) is 0 Å². The zero-order valence-corrected chi connectivity index (χ0v) is 11.8. The molecule has 2 heteroatoms. The third-order valence-electron chi connectivity index (χ3n) is 4.02. The Morgan fingerprint density at radius 2 is 1.71 bits per heavy atom. The standard InChI is InChI=1S/C15H23NO/c1-13(2,3)15(14(4,5)6)9-11-7-8-16-10-12(11)17-15/h7-8,10H,9H2,1-6H3. The van der Waals surface area contributed by atoms with E-state index < -0.39 is 0 Å². The van der Waals surface area contributed by atoms with Gasteiger partial charge in [-0.3, -0.25) is 4.98 Å². The van der Waals surface area contributed by atoms with Gasteiger partial charge in [0, 0.05) is 29.0 Å². The second-order valence-electron chi connectivity index (χ2n) is 7.09. The number of aromatic nitrogens is 1. The molecule has 2 nitrogen and oxygen atoms in total. The number of hydrogen-bond donors (Lipinski definition) is 0. The van der Waals surface area contributed by atoms with E-state index in [-0.39, 0.29) is 16.4 Å². The van der Waals surface area contributed by atoms with Crippen molar-refractivity contribution in [2.24, 2.45) is 10.8 Å². The van der Waals surface area contributed by atoms with Gasteiger partial charge in [-0.25, -0.2) is 0 Å². The molecule has 0 saturated carbocycles. The lowest BCUT2D eigenvalue weighted by Crippen LogP contribution is -2.56. The molecule has 0 bridgehead atoms. The van der Waals surface area contributed by atoms with E-state index in [0.29, 0.717) is 0 Å². The number of nitrogens with zero attached hydrogens (tertiary/aromatic N) is 1. The summed E-state index contributed by atoms with van der Waals surface area (Å²) in [4.78, 5) is 4.16. The Labute approximate surface area is 104 Å². The molecule has 1 aromatic heterocycles. The maximum absolute atomic E-state index is 6.36. The second kappa shape index (κ2) is 3.47. The Kier molecular flexibility index (Phi) is 2.53. The predicted molar refractivity (Wildman–Crippen MR) is 70.2 cm³/mol. The summed E-state index contributed by atoms with van der Waals surface area (Å²) in [6.07, 6.45) is 4.66. The SMILES string of the molecule is CC(C)(C)C1(C(C)(C)C)Cc2ccncc2O1. The van der Waals surface area contributed by atoms with Crippen LogP contribution in [0.4, 0.5) is 0 Å². The van der Waals surface area contributed by atoms with Crippen LogP contribution in [0.1, 0.15) is 47.1 Å². The molecule has 1 aromatic rings. The summed E-state index contributed by atoms with van der Waals surface area (Å²) < 4.78 is 6.36. The maximum atomic E-state index is 6.36. The Morgan fingerprint density at radius 3 is 2.18 bits per heavy atom. The van der Waals surface area contributed by atoms with Crippen molar-refractivity contribution in [3.63, 3.8) is 0 Å². The van der Waals surface area contributed by atoms with Crippen LogP contribution in [0, 0.1) is 10.8 Å². The molecule has 0 unspecified atom stereocenters. The molecule has 94 valence electrons. The number of pyridine rings is 1. The van der Waals surface area contributed by atoms with Crippen LogP contribution in [0.5, 0.6) is 5.75 Å². The van der Waals surface area contributed by atoms with Crippen LogP contribution in [-0.2, 0) is 6.42 Å². The van der Waals surface area contributed by atoms with E-state index in [1.54, 1.807) is 0 Å². The van der Waals surface area contributed by atoms with Gasteiger partial charge >= 0.3 is 0 Å². The normalized spacial score (nSPS) is 18.7. The third kappa shape index (κ3) is 1.74. The van der Waals surface area contributed by atoms with Crippen molar-refractivity contribution in [3.8, 4) is 5.75 Å². The molecule has 2 rings (SSSR count). The monoisotopic (exact) mass is 233 g/mol. The average molecular weight is 233 g/mol. The molecule has 0 atom stereocenters. The lowest BCUT2D eigenvalue weighted by atomic mass is 9.61. The molecular weight excluding hydrogens is 210 g/mol. The first-order valence-corrected chi connectivity index (χ1v) is 6.29. The molecule has 0 aliphatic carbocycles. The lowest BCUT2D eigenvalue weighted by Gasteiger charge is -2.50. The largest absolute Gasteiger partial charge is 0.484 e. The molecule has 1 aliphatic heterocycles. The lowest BCUT2D eigenvalue weighted by molar-refractivity contribution is -0.0987. The highest BCUT2D eigenvalue weighted by molar-refractivity contribution is 5.38. The zero-order valence-electron chi connectivity index (χ0n) is 11.8. The van der Waals surface area contributed by atoms with E-state index in [1.165, 1.54) is 5.56 Å². The van der Waals surface area contributed by atoms with Crippen LogP contribution >= 0.6 is 0 Å². The molecular formula is C15H23NO. The van der Waals surface area contributed by atoms with Crippen molar-refractivity contribution < 1.29 is 4.74 Å². The Bertz CT molecular complexity index is 382. The van der Waals surface area contributed by atoms with Crippen LogP contribution < -0.4 is 4.74 Å². The summed E-state index contributed by atoms with van der Waals surface area (Å²) in [6.45, 7) is 13.6. The fourth-order valence-corrected chi connectivity index (χ4v) is 3.10. The minimum absolute atomic E-state index is 0.0876. The van der Waals surface area contributed by atoms with E-state index in [1.807, 2.05) is 12.4 Å². The van der Waals surface area contributed by atoms with E-state index in [4.69, 9.17) is 4.74 Å². The minimum atomic E-state index is -0.161. The third-order valence-corrected chi connectivity index (χ3v) is 4.02. The van der Waals surface area contributed by atoms with Gasteiger partial charge < -0.3 is 4.74 Å². The molecule has 0 N–H and O–H groups in total. The molecule has 0 aromatic carbocycles. The number of hydrogen-bond acceptors (Lipinski definition) is 2. The van der Waals surface area contributed by atoms with Crippen molar-refractivity contribution in [2.75, 3.05) is 0 Å². The van der Waals surface area contributed by atoms with Crippen molar-refractivity contribution >= 4 is 0 Å². The van der Waals surface area contributed by atoms with Crippen LogP contribution in [-0.4, -0.2) is 10.6 Å². The number of rotatable bonds is 0. The van der Waals surface area contributed by atoms with Crippen LogP contribution in [0.3, 0.4) is 0 Å². The smallest absolute Gasteiger partial charge is 0.141 e. The molecule has 2 heterocycles. The quantitative estimate of drug-likeness (QED) is 0.679. The Morgan fingerprint density at radius 1 is 1.12 bits per heavy atom. The van der Waals surface area contributed by atoms with Crippen molar-refractivity contribution in [2.45, 2.75) is 53.6 Å². The van der Waals surface area contributed by atoms with Crippen LogP contribution in [0.2, 0.25) is 0 Å². The molecule has 17 heavy (non-hydrogen) atoms. The van der Waals surface area contributed by atoms with Crippen molar-refractivity contribution in [1.82, 2.24) is 4.98 Å². The molecule has 0 spiro atoms. The van der Waals surface area contributed by atoms with Gasteiger partial charge in [0.2, 0.25) is 0 Å². The van der Waals surface area contributed by atoms with Gasteiger partial charge in [-0.05, 0) is 6.07 Å². The van der Waals surface area contributed by atoms with E-state index >= 15 is 0 Å². The molecule has 0 saturated heterocycles. The highest BCUT2D eigenvalue weighted by atomic mass is 16.5. The topological polar surface area (TPSA) is 22.1 Å². The summed E-state index contributed by atoms with van der Waals surface area (Å²) >= 11 is 0. The fraction of sp³-hybridized carbons (Fsp3) is 0.667. The molecule has 0 radical (unpaired) electrons. The first kappa shape index (κ1) is 12.4. The van der Waals surface area contributed by atoms with Gasteiger partial charge in [0.15, 0.2) is 0 Å². The van der Waals surface area contributed by atoms with Gasteiger partial charge in [-0.15, -0.1) is 0 Å². The Hall–Kier alpha value is -1.05. The summed E-state index contributed by atoms with van der Waals surface area (Å²) in [7, 11) is 0. The first-order valence-electron chi connectivity index (χ1n) is 6.29.